The molecule has 2 N–H and O–H groups in total. The van der Waals surface area contributed by atoms with Gasteiger partial charge in [-0.1, -0.05) is 22.8 Å². The fourth-order valence-electron chi connectivity index (χ4n) is 3.29. The zero-order chi connectivity index (χ0) is 21.3. The van der Waals surface area contributed by atoms with Crippen LogP contribution in [0, 0.1) is 6.92 Å². The third-order valence-electron chi connectivity index (χ3n) is 4.88. The number of anilines is 1. The van der Waals surface area contributed by atoms with Gasteiger partial charge in [0.15, 0.2) is 5.96 Å². The highest BCUT2D eigenvalue weighted by atomic mass is 35.5. The second-order valence-corrected chi connectivity index (χ2v) is 7.68. The molecule has 0 bridgehead atoms. The van der Waals surface area contributed by atoms with Gasteiger partial charge < -0.3 is 20.1 Å². The third-order valence-corrected chi connectivity index (χ3v) is 5.20. The van der Waals surface area contributed by atoms with Crippen molar-refractivity contribution in [3.8, 4) is 0 Å². The zero-order valence-corrected chi connectivity index (χ0v) is 18.3. The molecule has 1 fully saturated rings. The highest BCUT2D eigenvalue weighted by Gasteiger charge is 2.20. The number of benzene rings is 1. The molecule has 1 aliphatic rings. The van der Waals surface area contributed by atoms with Crippen molar-refractivity contribution in [3.63, 3.8) is 0 Å². The molecule has 0 radical (unpaired) electrons. The lowest BCUT2D eigenvalue weighted by Gasteiger charge is -2.36. The van der Waals surface area contributed by atoms with Crippen LogP contribution in [-0.4, -0.2) is 66.1 Å². The molecule has 1 aromatic heterocycles. The molecule has 1 aromatic carbocycles. The summed E-state index contributed by atoms with van der Waals surface area (Å²) in [7, 11) is 0. The Morgan fingerprint density at radius 2 is 2.07 bits per heavy atom. The monoisotopic (exact) mass is 432 g/mol. The Kier molecular flexibility index (Phi) is 8.10. The standard InChI is InChI=1S/C21H29ClN6O2/c1-3-23-21(28-11-9-27(10-12-28)15-17-7-13-30-26-17)24-8-6-20(29)25-19-5-4-16(2)14-18(19)22/h4-5,7,13-14H,3,6,8-12,15H2,1-2H3,(H,23,24)(H,25,29). The highest BCUT2D eigenvalue weighted by molar-refractivity contribution is 6.33. The van der Waals surface area contributed by atoms with Gasteiger partial charge in [0, 0.05) is 51.8 Å². The van der Waals surface area contributed by atoms with E-state index in [4.69, 9.17) is 16.1 Å². The first-order valence-electron chi connectivity index (χ1n) is 10.3. The Morgan fingerprint density at radius 3 is 2.73 bits per heavy atom. The second-order valence-electron chi connectivity index (χ2n) is 7.27. The minimum Gasteiger partial charge on any atom is -0.364 e. The normalized spacial score (nSPS) is 15.3. The van der Waals surface area contributed by atoms with E-state index < -0.39 is 0 Å². The molecule has 30 heavy (non-hydrogen) atoms. The van der Waals surface area contributed by atoms with Crippen molar-refractivity contribution in [2.75, 3.05) is 44.6 Å². The van der Waals surface area contributed by atoms with Crippen LogP contribution in [0.5, 0.6) is 0 Å². The van der Waals surface area contributed by atoms with Crippen LogP contribution in [0.3, 0.4) is 0 Å². The number of nitrogens with zero attached hydrogens (tertiary/aromatic N) is 4. The van der Waals surface area contributed by atoms with E-state index in [1.807, 2.05) is 38.1 Å². The highest BCUT2D eigenvalue weighted by Crippen LogP contribution is 2.22. The number of amides is 1. The van der Waals surface area contributed by atoms with Gasteiger partial charge >= 0.3 is 0 Å². The van der Waals surface area contributed by atoms with Crippen LogP contribution in [0.2, 0.25) is 5.02 Å². The Hall–Kier alpha value is -2.58. The lowest BCUT2D eigenvalue weighted by molar-refractivity contribution is -0.116. The fourth-order valence-corrected chi connectivity index (χ4v) is 3.57. The molecule has 162 valence electrons. The average Bonchev–Trinajstić information content (AvgIpc) is 3.23. The molecule has 0 aliphatic carbocycles. The van der Waals surface area contributed by atoms with Crippen LogP contribution in [0.4, 0.5) is 5.69 Å². The van der Waals surface area contributed by atoms with E-state index in [0.29, 0.717) is 23.7 Å². The number of halogens is 1. The minimum atomic E-state index is -0.0993. The molecule has 1 amide bonds. The molecule has 1 saturated heterocycles. The summed E-state index contributed by atoms with van der Waals surface area (Å²) in [5.41, 5.74) is 2.63. The molecule has 0 unspecified atom stereocenters. The van der Waals surface area contributed by atoms with E-state index in [-0.39, 0.29) is 5.91 Å². The van der Waals surface area contributed by atoms with Crippen LogP contribution in [0.1, 0.15) is 24.6 Å². The van der Waals surface area contributed by atoms with Crippen molar-refractivity contribution in [3.05, 3.63) is 46.8 Å². The number of aromatic nitrogens is 1. The van der Waals surface area contributed by atoms with Gasteiger partial charge in [0.1, 0.15) is 6.26 Å². The number of aryl methyl sites for hydroxylation is 1. The van der Waals surface area contributed by atoms with E-state index in [1.165, 1.54) is 0 Å². The lowest BCUT2D eigenvalue weighted by Crippen LogP contribution is -2.52. The number of carbonyl (C=O) groups is 1. The second kappa shape index (κ2) is 11.0. The van der Waals surface area contributed by atoms with Gasteiger partial charge in [0.05, 0.1) is 22.9 Å². The summed E-state index contributed by atoms with van der Waals surface area (Å²) in [5.74, 6) is 0.748. The maximum atomic E-state index is 12.3. The van der Waals surface area contributed by atoms with Gasteiger partial charge in [-0.2, -0.15) is 0 Å². The first kappa shape index (κ1) is 22.1. The van der Waals surface area contributed by atoms with Crippen molar-refractivity contribution in [1.29, 1.82) is 0 Å². The molecule has 8 nitrogen and oxygen atoms in total. The Bertz CT molecular complexity index is 847. The predicted octanol–water partition coefficient (Wildman–Crippen LogP) is 2.75. The molecule has 2 aromatic rings. The van der Waals surface area contributed by atoms with Gasteiger partial charge in [0.2, 0.25) is 5.91 Å². The molecule has 0 spiro atoms. The summed E-state index contributed by atoms with van der Waals surface area (Å²) in [4.78, 5) is 21.5. The Morgan fingerprint density at radius 1 is 1.27 bits per heavy atom. The molecular weight excluding hydrogens is 404 g/mol. The Labute approximate surface area is 182 Å². The number of carbonyl (C=O) groups excluding carboxylic acids is 1. The first-order chi connectivity index (χ1) is 14.5. The Balaban J connectivity index is 1.47. The van der Waals surface area contributed by atoms with E-state index in [0.717, 1.165) is 56.5 Å². The largest absolute Gasteiger partial charge is 0.364 e. The quantitative estimate of drug-likeness (QED) is 0.517. The molecule has 3 rings (SSSR count). The topological polar surface area (TPSA) is 86.0 Å². The first-order valence-corrected chi connectivity index (χ1v) is 10.6. The third kappa shape index (κ3) is 6.47. The van der Waals surface area contributed by atoms with Crippen LogP contribution < -0.4 is 10.6 Å². The van der Waals surface area contributed by atoms with Crippen LogP contribution in [0.15, 0.2) is 40.0 Å². The van der Waals surface area contributed by atoms with Crippen molar-refractivity contribution in [2.24, 2.45) is 4.99 Å². The maximum absolute atomic E-state index is 12.3. The molecule has 2 heterocycles. The SMILES string of the molecule is CCNC(=NCCC(=O)Nc1ccc(C)cc1Cl)N1CCN(Cc2ccon2)CC1. The lowest BCUT2D eigenvalue weighted by atomic mass is 10.2. The van der Waals surface area contributed by atoms with Gasteiger partial charge in [-0.05, 0) is 31.5 Å². The van der Waals surface area contributed by atoms with Crippen LogP contribution in [0.25, 0.3) is 0 Å². The maximum Gasteiger partial charge on any atom is 0.226 e. The molecule has 1 aliphatic heterocycles. The van der Waals surface area contributed by atoms with Gasteiger partial charge in [-0.3, -0.25) is 14.7 Å². The summed E-state index contributed by atoms with van der Waals surface area (Å²) >= 11 is 6.19. The summed E-state index contributed by atoms with van der Waals surface area (Å²) < 4.78 is 4.90. The van der Waals surface area contributed by atoms with E-state index in [1.54, 1.807) is 6.26 Å². The fraction of sp³-hybridized carbons (Fsp3) is 0.476. The number of aliphatic imine (C=N–C) groups is 1. The minimum absolute atomic E-state index is 0.0993. The van der Waals surface area contributed by atoms with Crippen molar-refractivity contribution < 1.29 is 9.32 Å². The average molecular weight is 433 g/mol. The van der Waals surface area contributed by atoms with Crippen LogP contribution in [-0.2, 0) is 11.3 Å². The molecular formula is C21H29ClN6O2. The summed E-state index contributed by atoms with van der Waals surface area (Å²) in [6, 6.07) is 7.47. The summed E-state index contributed by atoms with van der Waals surface area (Å²) in [6.07, 6.45) is 1.90. The van der Waals surface area contributed by atoms with E-state index in [9.17, 15) is 4.79 Å². The van der Waals surface area contributed by atoms with Gasteiger partial charge in [-0.15, -0.1) is 0 Å². The number of nitrogens with one attached hydrogen (secondary N) is 2. The van der Waals surface area contributed by atoms with E-state index >= 15 is 0 Å². The number of piperazine rings is 1. The summed E-state index contributed by atoms with van der Waals surface area (Å²) in [6.45, 7) is 9.57. The van der Waals surface area contributed by atoms with Gasteiger partial charge in [0.25, 0.3) is 0 Å². The number of guanidine groups is 1. The number of hydrogen-bond acceptors (Lipinski definition) is 5. The molecule has 9 heteroatoms. The van der Waals surface area contributed by atoms with Crippen molar-refractivity contribution in [2.45, 2.75) is 26.8 Å². The molecule has 0 atom stereocenters. The van der Waals surface area contributed by atoms with Crippen molar-refractivity contribution >= 4 is 29.2 Å². The smallest absolute Gasteiger partial charge is 0.226 e. The number of rotatable bonds is 7. The van der Waals surface area contributed by atoms with Gasteiger partial charge in [-0.25, -0.2) is 0 Å². The van der Waals surface area contributed by atoms with E-state index in [2.05, 4.69) is 30.6 Å². The molecule has 0 saturated carbocycles. The summed E-state index contributed by atoms with van der Waals surface area (Å²) in [5, 5.41) is 10.7. The van der Waals surface area contributed by atoms with Crippen LogP contribution >= 0.6 is 11.6 Å². The number of hydrogen-bond donors (Lipinski definition) is 2. The zero-order valence-electron chi connectivity index (χ0n) is 17.5. The van der Waals surface area contributed by atoms with Crippen molar-refractivity contribution in [1.82, 2.24) is 20.3 Å². The predicted molar refractivity (Wildman–Crippen MR) is 119 cm³/mol.